The van der Waals surface area contributed by atoms with Gasteiger partial charge in [-0.3, -0.25) is 4.90 Å². The molecule has 26 heavy (non-hydrogen) atoms. The molecule has 2 aliphatic rings. The number of hydrogen-bond donors (Lipinski definition) is 0. The summed E-state index contributed by atoms with van der Waals surface area (Å²) in [7, 11) is 0. The number of halogens is 2. The summed E-state index contributed by atoms with van der Waals surface area (Å²) in [5, 5.41) is 0. The summed E-state index contributed by atoms with van der Waals surface area (Å²) in [5.41, 5.74) is 0.393. The number of hydrogen-bond acceptors (Lipinski definition) is 3. The summed E-state index contributed by atoms with van der Waals surface area (Å²) >= 11 is 0. The van der Waals surface area contributed by atoms with Gasteiger partial charge in [-0.2, -0.15) is 0 Å². The molecule has 2 aromatic rings. The van der Waals surface area contributed by atoms with Crippen molar-refractivity contribution in [2.24, 2.45) is 5.92 Å². The molecule has 2 atom stereocenters. The number of nitrogens with zero attached hydrogens (tertiary/aromatic N) is 1. The first-order chi connectivity index (χ1) is 12.6. The zero-order chi connectivity index (χ0) is 18.1. The summed E-state index contributed by atoms with van der Waals surface area (Å²) < 4.78 is 39.0. The molecule has 0 bridgehead atoms. The number of cyclic esters (lactones) is 1. The second kappa shape index (κ2) is 6.68. The van der Waals surface area contributed by atoms with Gasteiger partial charge in [0.15, 0.2) is 0 Å². The minimum atomic E-state index is -0.939. The van der Waals surface area contributed by atoms with E-state index in [1.807, 2.05) is 30.3 Å². The normalized spacial score (nSPS) is 24.6. The Morgan fingerprint density at radius 1 is 1.19 bits per heavy atom. The highest BCUT2D eigenvalue weighted by atomic mass is 19.1. The van der Waals surface area contributed by atoms with Gasteiger partial charge in [0.2, 0.25) is 0 Å². The second-order valence-corrected chi connectivity index (χ2v) is 6.74. The van der Waals surface area contributed by atoms with Crippen LogP contribution in [0.3, 0.4) is 0 Å². The molecule has 0 unspecified atom stereocenters. The van der Waals surface area contributed by atoms with E-state index in [2.05, 4.69) is 0 Å². The van der Waals surface area contributed by atoms with Crippen LogP contribution in [0.25, 0.3) is 0 Å². The average Bonchev–Trinajstić information content (AvgIpc) is 3.15. The van der Waals surface area contributed by atoms with Crippen molar-refractivity contribution in [1.29, 1.82) is 0 Å². The number of ether oxygens (including phenoxy) is 2. The highest BCUT2D eigenvalue weighted by Crippen LogP contribution is 2.48. The molecule has 0 spiro atoms. The maximum Gasteiger partial charge on any atom is 0.410 e. The lowest BCUT2D eigenvalue weighted by molar-refractivity contribution is 0.0418. The van der Waals surface area contributed by atoms with Crippen LogP contribution in [0.2, 0.25) is 0 Å². The van der Waals surface area contributed by atoms with Gasteiger partial charge in [0.25, 0.3) is 0 Å². The maximum absolute atomic E-state index is 14.5. The third-order valence-electron chi connectivity index (χ3n) is 5.32. The molecule has 2 aromatic carbocycles. The Balaban J connectivity index is 1.58. The van der Waals surface area contributed by atoms with Crippen LogP contribution in [-0.2, 0) is 21.6 Å². The topological polar surface area (TPSA) is 38.8 Å². The van der Waals surface area contributed by atoms with Crippen LogP contribution in [0, 0.1) is 17.6 Å². The Bertz CT molecular complexity index is 814. The van der Waals surface area contributed by atoms with Crippen LogP contribution in [0.15, 0.2) is 48.5 Å². The molecule has 6 heteroatoms. The first-order valence-corrected chi connectivity index (χ1v) is 8.63. The molecule has 0 aromatic heterocycles. The highest BCUT2D eigenvalue weighted by molar-refractivity contribution is 5.72. The average molecular weight is 359 g/mol. The second-order valence-electron chi connectivity index (χ2n) is 6.74. The van der Waals surface area contributed by atoms with E-state index in [1.54, 1.807) is 4.90 Å². The van der Waals surface area contributed by atoms with Gasteiger partial charge in [0.1, 0.15) is 23.8 Å². The molecule has 2 fully saturated rings. The van der Waals surface area contributed by atoms with Crippen molar-refractivity contribution in [3.8, 4) is 0 Å². The van der Waals surface area contributed by atoms with Crippen molar-refractivity contribution in [3.05, 3.63) is 71.3 Å². The minimum absolute atomic E-state index is 0.0494. The fourth-order valence-electron chi connectivity index (χ4n) is 4.04. The summed E-state index contributed by atoms with van der Waals surface area (Å²) in [6.45, 7) is 1.32. The van der Waals surface area contributed by atoms with Gasteiger partial charge in [-0.1, -0.05) is 36.4 Å². The Hall–Kier alpha value is -2.47. The SMILES string of the molecule is O=C1OC[C@]2(c3ccc(F)cc3F)[C@H](COCc3ccccc3)CCN12. The van der Waals surface area contributed by atoms with Gasteiger partial charge in [-0.15, -0.1) is 0 Å². The van der Waals surface area contributed by atoms with E-state index in [1.165, 1.54) is 12.1 Å². The van der Waals surface area contributed by atoms with Gasteiger partial charge in [0.05, 0.1) is 13.2 Å². The van der Waals surface area contributed by atoms with Gasteiger partial charge >= 0.3 is 6.09 Å². The first-order valence-electron chi connectivity index (χ1n) is 8.63. The van der Waals surface area contributed by atoms with Crippen LogP contribution in [-0.4, -0.2) is 30.8 Å². The lowest BCUT2D eigenvalue weighted by Gasteiger charge is -2.35. The zero-order valence-corrected chi connectivity index (χ0v) is 14.2. The van der Waals surface area contributed by atoms with E-state index in [0.717, 1.165) is 11.6 Å². The number of benzene rings is 2. The van der Waals surface area contributed by atoms with Gasteiger partial charge in [-0.25, -0.2) is 13.6 Å². The van der Waals surface area contributed by atoms with Gasteiger partial charge < -0.3 is 9.47 Å². The smallest absolute Gasteiger partial charge is 0.410 e. The van der Waals surface area contributed by atoms with E-state index in [-0.39, 0.29) is 18.1 Å². The Morgan fingerprint density at radius 2 is 2.00 bits per heavy atom. The minimum Gasteiger partial charge on any atom is -0.446 e. The van der Waals surface area contributed by atoms with Crippen LogP contribution in [0.4, 0.5) is 13.6 Å². The lowest BCUT2D eigenvalue weighted by atomic mass is 9.79. The quantitative estimate of drug-likeness (QED) is 0.814. The highest BCUT2D eigenvalue weighted by Gasteiger charge is 2.58. The largest absolute Gasteiger partial charge is 0.446 e. The molecule has 2 saturated heterocycles. The Labute approximate surface area is 150 Å². The molecule has 0 saturated carbocycles. The number of rotatable bonds is 5. The van der Waals surface area contributed by atoms with Crippen molar-refractivity contribution in [3.63, 3.8) is 0 Å². The maximum atomic E-state index is 14.5. The Kier molecular flexibility index (Phi) is 4.36. The summed E-state index contributed by atoms with van der Waals surface area (Å²) in [6, 6.07) is 13.2. The first kappa shape index (κ1) is 17.0. The van der Waals surface area contributed by atoms with E-state index in [9.17, 15) is 13.6 Å². The third kappa shape index (κ3) is 2.74. The van der Waals surface area contributed by atoms with Crippen molar-refractivity contribution < 1.29 is 23.0 Å². The van der Waals surface area contributed by atoms with Crippen molar-refractivity contribution in [1.82, 2.24) is 4.90 Å². The predicted octanol–water partition coefficient (Wildman–Crippen LogP) is 3.85. The molecule has 0 N–H and O–H groups in total. The molecular weight excluding hydrogens is 340 g/mol. The molecule has 4 nitrogen and oxygen atoms in total. The van der Waals surface area contributed by atoms with E-state index in [0.29, 0.717) is 26.2 Å². The monoisotopic (exact) mass is 359 g/mol. The van der Waals surface area contributed by atoms with Crippen molar-refractivity contribution in [2.45, 2.75) is 18.6 Å². The van der Waals surface area contributed by atoms with E-state index < -0.39 is 23.3 Å². The zero-order valence-electron chi connectivity index (χ0n) is 14.2. The molecule has 2 aliphatic heterocycles. The molecule has 4 rings (SSSR count). The fourth-order valence-corrected chi connectivity index (χ4v) is 4.04. The van der Waals surface area contributed by atoms with Crippen molar-refractivity contribution in [2.75, 3.05) is 19.8 Å². The van der Waals surface area contributed by atoms with Crippen LogP contribution in [0.1, 0.15) is 17.5 Å². The summed E-state index contributed by atoms with van der Waals surface area (Å²) in [6.07, 6.45) is 0.222. The number of carbonyl (C=O) groups excluding carboxylic acids is 1. The van der Waals surface area contributed by atoms with E-state index >= 15 is 0 Å². The Morgan fingerprint density at radius 3 is 2.77 bits per heavy atom. The number of amides is 1. The fraction of sp³-hybridized carbons (Fsp3) is 0.350. The molecular formula is C20H19F2NO3. The van der Waals surface area contributed by atoms with Gasteiger partial charge in [-0.05, 0) is 18.1 Å². The van der Waals surface area contributed by atoms with Crippen LogP contribution < -0.4 is 0 Å². The number of carbonyl (C=O) groups is 1. The standard InChI is InChI=1S/C20H19F2NO3/c21-16-6-7-17(18(22)10-16)20-13-26-19(24)23(20)9-8-15(20)12-25-11-14-4-2-1-3-5-14/h1-7,10,15H,8-9,11-13H2/t15-,20+/m0/s1. The lowest BCUT2D eigenvalue weighted by Crippen LogP contribution is -2.45. The van der Waals surface area contributed by atoms with E-state index in [4.69, 9.17) is 9.47 Å². The van der Waals surface area contributed by atoms with Crippen molar-refractivity contribution >= 4 is 6.09 Å². The van der Waals surface area contributed by atoms with Crippen LogP contribution in [0.5, 0.6) is 0 Å². The summed E-state index contributed by atoms with van der Waals surface area (Å²) in [5.74, 6) is -1.44. The third-order valence-corrected chi connectivity index (χ3v) is 5.32. The molecule has 1 amide bonds. The predicted molar refractivity (Wildman–Crippen MR) is 90.3 cm³/mol. The molecule has 0 aliphatic carbocycles. The summed E-state index contributed by atoms with van der Waals surface area (Å²) in [4.78, 5) is 13.7. The van der Waals surface area contributed by atoms with Crippen LogP contribution >= 0.6 is 0 Å². The molecule has 2 heterocycles. The molecule has 0 radical (unpaired) electrons. The molecule has 136 valence electrons. The van der Waals surface area contributed by atoms with Gasteiger partial charge in [0, 0.05) is 24.1 Å². The number of fused-ring (bicyclic) bond motifs is 1.